The second-order valence-corrected chi connectivity index (χ2v) is 7.35. The van der Waals surface area contributed by atoms with Gasteiger partial charge in [0.15, 0.2) is 0 Å². The number of fused-ring (bicyclic) bond motifs is 1. The highest BCUT2D eigenvalue weighted by atomic mass is 35.5. The lowest BCUT2D eigenvalue weighted by Gasteiger charge is -2.29. The summed E-state index contributed by atoms with van der Waals surface area (Å²) in [6.07, 6.45) is 4.97. The van der Waals surface area contributed by atoms with Gasteiger partial charge in [-0.15, -0.1) is 0 Å². The second-order valence-electron chi connectivity index (χ2n) is 6.94. The lowest BCUT2D eigenvalue weighted by molar-refractivity contribution is 0.252. The predicted octanol–water partition coefficient (Wildman–Crippen LogP) is 4.94. The van der Waals surface area contributed by atoms with E-state index < -0.39 is 0 Å². The van der Waals surface area contributed by atoms with Crippen LogP contribution < -0.4 is 15.0 Å². The van der Waals surface area contributed by atoms with Crippen LogP contribution in [-0.2, 0) is 6.54 Å². The van der Waals surface area contributed by atoms with Crippen LogP contribution in [0.2, 0.25) is 5.02 Å². The van der Waals surface area contributed by atoms with Gasteiger partial charge in [-0.3, -0.25) is 0 Å². The first kappa shape index (κ1) is 16.7. The molecule has 25 heavy (non-hydrogen) atoms. The lowest BCUT2D eigenvalue weighted by Crippen LogP contribution is -2.29. The van der Waals surface area contributed by atoms with Gasteiger partial charge in [-0.05, 0) is 43.0 Å². The van der Waals surface area contributed by atoms with Gasteiger partial charge in [-0.25, -0.2) is 0 Å². The molecule has 1 fully saturated rings. The summed E-state index contributed by atoms with van der Waals surface area (Å²) in [7, 11) is 0. The predicted molar refractivity (Wildman–Crippen MR) is 104 cm³/mol. The van der Waals surface area contributed by atoms with E-state index in [1.54, 1.807) is 0 Å². The molecule has 2 aromatic rings. The number of hydrogen-bond donors (Lipinski definition) is 1. The van der Waals surface area contributed by atoms with E-state index >= 15 is 0 Å². The minimum Gasteiger partial charge on any atom is -0.492 e. The molecule has 2 aliphatic rings. The molecule has 0 saturated carbocycles. The third kappa shape index (κ3) is 3.78. The first-order valence-corrected chi connectivity index (χ1v) is 9.67. The van der Waals surface area contributed by atoms with Gasteiger partial charge < -0.3 is 15.0 Å². The minimum absolute atomic E-state index is 0.296. The summed E-state index contributed by atoms with van der Waals surface area (Å²) in [6, 6.07) is 15.3. The molecule has 1 N–H and O–H groups in total. The molecule has 2 aromatic carbocycles. The molecule has 4 heteroatoms. The van der Waals surface area contributed by atoms with Crippen molar-refractivity contribution < 1.29 is 4.74 Å². The summed E-state index contributed by atoms with van der Waals surface area (Å²) in [5.74, 6) is 0.841. The standard InChI is InChI=1S/C21H25ClN2O/c22-19-6-4-5-18-20(11-14-25-21(18)19)23-15-16-7-9-17(10-8-16)24-12-2-1-3-13-24/h4-10,20,23H,1-3,11-15H2. The molecular formula is C21H25ClN2O. The van der Waals surface area contributed by atoms with Gasteiger partial charge in [0, 0.05) is 43.3 Å². The van der Waals surface area contributed by atoms with E-state index in [0.717, 1.165) is 18.7 Å². The smallest absolute Gasteiger partial charge is 0.142 e. The molecule has 0 aromatic heterocycles. The molecule has 132 valence electrons. The van der Waals surface area contributed by atoms with Crippen molar-refractivity contribution in [3.8, 4) is 5.75 Å². The SMILES string of the molecule is Clc1cccc2c1OCCC2NCc1ccc(N2CCCCC2)cc1. The Balaban J connectivity index is 1.40. The van der Waals surface area contributed by atoms with Crippen molar-refractivity contribution >= 4 is 17.3 Å². The van der Waals surface area contributed by atoms with Crippen LogP contribution in [0.5, 0.6) is 5.75 Å². The van der Waals surface area contributed by atoms with Crippen molar-refractivity contribution in [2.24, 2.45) is 0 Å². The van der Waals surface area contributed by atoms with Crippen LogP contribution in [-0.4, -0.2) is 19.7 Å². The summed E-state index contributed by atoms with van der Waals surface area (Å²) < 4.78 is 5.74. The van der Waals surface area contributed by atoms with Crippen LogP contribution in [0.3, 0.4) is 0 Å². The molecule has 1 atom stereocenters. The molecule has 0 radical (unpaired) electrons. The number of nitrogens with zero attached hydrogens (tertiary/aromatic N) is 1. The maximum atomic E-state index is 6.26. The fraction of sp³-hybridized carbons (Fsp3) is 0.429. The van der Waals surface area contributed by atoms with Crippen molar-refractivity contribution in [3.05, 3.63) is 58.6 Å². The summed E-state index contributed by atoms with van der Waals surface area (Å²) in [6.45, 7) is 3.95. The largest absolute Gasteiger partial charge is 0.492 e. The monoisotopic (exact) mass is 356 g/mol. The fourth-order valence-electron chi connectivity index (χ4n) is 3.82. The summed E-state index contributed by atoms with van der Waals surface area (Å²) in [5, 5.41) is 4.37. The average Bonchev–Trinajstić information content (AvgIpc) is 2.68. The highest BCUT2D eigenvalue weighted by Crippen LogP contribution is 2.37. The van der Waals surface area contributed by atoms with E-state index in [1.165, 1.54) is 49.2 Å². The van der Waals surface area contributed by atoms with Crippen LogP contribution in [0.25, 0.3) is 0 Å². The summed E-state index contributed by atoms with van der Waals surface area (Å²) in [5.41, 5.74) is 3.84. The van der Waals surface area contributed by atoms with E-state index in [-0.39, 0.29) is 0 Å². The number of rotatable bonds is 4. The van der Waals surface area contributed by atoms with Crippen molar-refractivity contribution in [3.63, 3.8) is 0 Å². The maximum absolute atomic E-state index is 6.26. The average molecular weight is 357 g/mol. The van der Waals surface area contributed by atoms with Gasteiger partial charge in [0.05, 0.1) is 11.6 Å². The molecular weight excluding hydrogens is 332 g/mol. The number of ether oxygens (including phenoxy) is 1. The molecule has 0 aliphatic carbocycles. The van der Waals surface area contributed by atoms with E-state index in [1.807, 2.05) is 12.1 Å². The number of hydrogen-bond acceptors (Lipinski definition) is 3. The van der Waals surface area contributed by atoms with E-state index in [4.69, 9.17) is 16.3 Å². The maximum Gasteiger partial charge on any atom is 0.142 e. The van der Waals surface area contributed by atoms with Gasteiger partial charge >= 0.3 is 0 Å². The van der Waals surface area contributed by atoms with Crippen molar-refractivity contribution in [2.75, 3.05) is 24.6 Å². The first-order chi connectivity index (χ1) is 12.3. The Labute approximate surface area is 154 Å². The van der Waals surface area contributed by atoms with E-state index in [0.29, 0.717) is 17.7 Å². The Kier molecular flexibility index (Phi) is 5.14. The van der Waals surface area contributed by atoms with E-state index in [9.17, 15) is 0 Å². The molecule has 2 aliphatic heterocycles. The van der Waals surface area contributed by atoms with Crippen LogP contribution in [0.15, 0.2) is 42.5 Å². The molecule has 2 heterocycles. The first-order valence-electron chi connectivity index (χ1n) is 9.30. The van der Waals surface area contributed by atoms with E-state index in [2.05, 4.69) is 40.5 Å². The van der Waals surface area contributed by atoms with Crippen LogP contribution in [0.1, 0.15) is 42.9 Å². The zero-order valence-corrected chi connectivity index (χ0v) is 15.3. The molecule has 0 bridgehead atoms. The van der Waals surface area contributed by atoms with Crippen molar-refractivity contribution in [1.82, 2.24) is 5.32 Å². The van der Waals surface area contributed by atoms with Gasteiger partial charge in [0.25, 0.3) is 0 Å². The Hall–Kier alpha value is -1.71. The molecule has 0 spiro atoms. The lowest BCUT2D eigenvalue weighted by atomic mass is 10.00. The minimum atomic E-state index is 0.296. The quantitative estimate of drug-likeness (QED) is 0.839. The van der Waals surface area contributed by atoms with Crippen molar-refractivity contribution in [1.29, 1.82) is 0 Å². The number of nitrogens with one attached hydrogen (secondary N) is 1. The Morgan fingerprint density at radius 1 is 1.04 bits per heavy atom. The Morgan fingerprint density at radius 3 is 2.64 bits per heavy atom. The zero-order chi connectivity index (χ0) is 17.1. The van der Waals surface area contributed by atoms with Gasteiger partial charge in [0.2, 0.25) is 0 Å². The topological polar surface area (TPSA) is 24.5 Å². The van der Waals surface area contributed by atoms with Gasteiger partial charge in [-0.2, -0.15) is 0 Å². The normalized spacial score (nSPS) is 20.0. The number of halogens is 1. The number of para-hydroxylation sites is 1. The summed E-state index contributed by atoms with van der Waals surface area (Å²) >= 11 is 6.26. The Bertz CT molecular complexity index is 710. The number of piperidine rings is 1. The zero-order valence-electron chi connectivity index (χ0n) is 14.5. The van der Waals surface area contributed by atoms with Crippen LogP contribution >= 0.6 is 11.6 Å². The molecule has 4 rings (SSSR count). The molecule has 0 amide bonds. The number of benzene rings is 2. The fourth-order valence-corrected chi connectivity index (χ4v) is 4.05. The third-order valence-electron chi connectivity index (χ3n) is 5.24. The van der Waals surface area contributed by atoms with Gasteiger partial charge in [0.1, 0.15) is 5.75 Å². The Morgan fingerprint density at radius 2 is 1.84 bits per heavy atom. The highest BCUT2D eigenvalue weighted by molar-refractivity contribution is 6.32. The van der Waals surface area contributed by atoms with Gasteiger partial charge in [-0.1, -0.05) is 35.9 Å². The van der Waals surface area contributed by atoms with Crippen molar-refractivity contribution in [2.45, 2.75) is 38.3 Å². The molecule has 3 nitrogen and oxygen atoms in total. The highest BCUT2D eigenvalue weighted by Gasteiger charge is 2.22. The van der Waals surface area contributed by atoms with Crippen LogP contribution in [0.4, 0.5) is 5.69 Å². The molecule has 1 saturated heterocycles. The van der Waals surface area contributed by atoms with Crippen LogP contribution in [0, 0.1) is 0 Å². The molecule has 1 unspecified atom stereocenters. The summed E-state index contributed by atoms with van der Waals surface area (Å²) in [4.78, 5) is 2.50. The third-order valence-corrected chi connectivity index (χ3v) is 5.53. The number of anilines is 1. The second kappa shape index (κ2) is 7.67.